The van der Waals surface area contributed by atoms with Gasteiger partial charge in [-0.05, 0) is 43.4 Å². The second kappa shape index (κ2) is 9.80. The van der Waals surface area contributed by atoms with E-state index in [1.165, 1.54) is 12.1 Å². The summed E-state index contributed by atoms with van der Waals surface area (Å²) in [5.41, 5.74) is 0.788. The topological polar surface area (TPSA) is 70.7 Å². The molecule has 1 aromatic carbocycles. The summed E-state index contributed by atoms with van der Waals surface area (Å²) in [6.07, 6.45) is 6.18. The van der Waals surface area contributed by atoms with E-state index in [1.54, 1.807) is 6.07 Å². The first-order valence-electron chi connectivity index (χ1n) is 9.77. The smallest absolute Gasteiger partial charge is 0.321 e. The Kier molecular flexibility index (Phi) is 7.18. The molecule has 1 unspecified atom stereocenters. The maximum absolute atomic E-state index is 13.5. The van der Waals surface area contributed by atoms with Gasteiger partial charge in [0.15, 0.2) is 0 Å². The van der Waals surface area contributed by atoms with Crippen LogP contribution in [0.25, 0.3) is 0 Å². The normalized spacial score (nSPS) is 20.1. The zero-order chi connectivity index (χ0) is 19.1. The number of hydrogen-bond donors (Lipinski definition) is 2. The third kappa shape index (κ3) is 6.59. The van der Waals surface area contributed by atoms with Gasteiger partial charge in [0.05, 0.1) is 12.6 Å². The number of carbonyl (C=O) groups excluding carboxylic acids is 2. The molecule has 1 saturated carbocycles. The van der Waals surface area contributed by atoms with Gasteiger partial charge in [0.2, 0.25) is 5.91 Å². The molecule has 1 aliphatic heterocycles. The van der Waals surface area contributed by atoms with Crippen LogP contribution in [0.2, 0.25) is 0 Å². The van der Waals surface area contributed by atoms with Crippen molar-refractivity contribution >= 4 is 11.9 Å². The Morgan fingerprint density at radius 2 is 2.00 bits per heavy atom. The van der Waals surface area contributed by atoms with Crippen LogP contribution >= 0.6 is 0 Å². The molecule has 2 fully saturated rings. The zero-order valence-electron chi connectivity index (χ0n) is 15.6. The molecule has 148 valence electrons. The molecule has 1 atom stereocenters. The van der Waals surface area contributed by atoms with Crippen LogP contribution in [0.15, 0.2) is 24.3 Å². The number of carbonyl (C=O) groups is 2. The number of rotatable bonds is 7. The van der Waals surface area contributed by atoms with Crippen LogP contribution in [0.4, 0.5) is 9.18 Å². The van der Waals surface area contributed by atoms with Crippen molar-refractivity contribution in [1.82, 2.24) is 15.5 Å². The van der Waals surface area contributed by atoms with E-state index in [0.29, 0.717) is 13.1 Å². The van der Waals surface area contributed by atoms with Gasteiger partial charge in [-0.2, -0.15) is 0 Å². The molecule has 27 heavy (non-hydrogen) atoms. The molecule has 1 aromatic rings. The molecule has 2 N–H and O–H groups in total. The second-order valence-electron chi connectivity index (χ2n) is 7.44. The quantitative estimate of drug-likeness (QED) is 0.766. The van der Waals surface area contributed by atoms with E-state index in [1.807, 2.05) is 11.0 Å². The van der Waals surface area contributed by atoms with Crippen molar-refractivity contribution in [3.8, 4) is 0 Å². The van der Waals surface area contributed by atoms with Gasteiger partial charge in [-0.1, -0.05) is 25.0 Å². The average Bonchev–Trinajstić information content (AvgIpc) is 3.28. The van der Waals surface area contributed by atoms with Gasteiger partial charge >= 0.3 is 6.03 Å². The molecule has 1 heterocycles. The molecular formula is C20H28FN3O3. The maximum atomic E-state index is 13.5. The van der Waals surface area contributed by atoms with Gasteiger partial charge in [0.25, 0.3) is 0 Å². The summed E-state index contributed by atoms with van der Waals surface area (Å²) in [7, 11) is 0. The molecule has 6 nitrogen and oxygen atoms in total. The largest absolute Gasteiger partial charge is 0.377 e. The fourth-order valence-electron chi connectivity index (χ4n) is 3.82. The van der Waals surface area contributed by atoms with Gasteiger partial charge in [0, 0.05) is 25.7 Å². The second-order valence-corrected chi connectivity index (χ2v) is 7.44. The summed E-state index contributed by atoms with van der Waals surface area (Å²) >= 11 is 0. The van der Waals surface area contributed by atoms with Crippen molar-refractivity contribution in [3.63, 3.8) is 0 Å². The number of nitrogens with zero attached hydrogens (tertiary/aromatic N) is 1. The minimum atomic E-state index is -0.435. The Balaban J connectivity index is 1.54. The SMILES string of the molecule is O=C(CN(Cc1cccc(F)c1)CC1CCCO1)NC(=O)NC1CCCC1. The fraction of sp³-hybridized carbons (Fsp3) is 0.600. The number of ether oxygens (including phenoxy) is 1. The number of benzene rings is 1. The molecule has 0 radical (unpaired) electrons. The maximum Gasteiger partial charge on any atom is 0.321 e. The highest BCUT2D eigenvalue weighted by molar-refractivity contribution is 5.95. The number of urea groups is 1. The molecule has 0 spiro atoms. The zero-order valence-corrected chi connectivity index (χ0v) is 15.6. The fourth-order valence-corrected chi connectivity index (χ4v) is 3.82. The minimum Gasteiger partial charge on any atom is -0.377 e. The van der Waals surface area contributed by atoms with Crippen molar-refractivity contribution in [2.24, 2.45) is 0 Å². The van der Waals surface area contributed by atoms with E-state index in [4.69, 9.17) is 4.74 Å². The Bertz CT molecular complexity index is 643. The summed E-state index contributed by atoms with van der Waals surface area (Å²) < 4.78 is 19.1. The third-order valence-corrected chi connectivity index (χ3v) is 5.09. The lowest BCUT2D eigenvalue weighted by molar-refractivity contribution is -0.121. The summed E-state index contributed by atoms with van der Waals surface area (Å²) in [5.74, 6) is -0.662. The Morgan fingerprint density at radius 1 is 1.19 bits per heavy atom. The molecule has 3 rings (SSSR count). The molecule has 1 aliphatic carbocycles. The van der Waals surface area contributed by atoms with Crippen LogP contribution in [-0.2, 0) is 16.1 Å². The van der Waals surface area contributed by atoms with Crippen LogP contribution in [0.1, 0.15) is 44.1 Å². The summed E-state index contributed by atoms with van der Waals surface area (Å²) in [4.78, 5) is 26.2. The highest BCUT2D eigenvalue weighted by Crippen LogP contribution is 2.17. The molecule has 7 heteroatoms. The van der Waals surface area contributed by atoms with E-state index in [9.17, 15) is 14.0 Å². The molecule has 0 bridgehead atoms. The van der Waals surface area contributed by atoms with E-state index in [-0.39, 0.29) is 30.4 Å². The summed E-state index contributed by atoms with van der Waals surface area (Å²) in [6.45, 7) is 1.80. The van der Waals surface area contributed by atoms with Crippen LogP contribution in [0.3, 0.4) is 0 Å². The van der Waals surface area contributed by atoms with Crippen LogP contribution < -0.4 is 10.6 Å². The first-order valence-corrected chi connectivity index (χ1v) is 9.77. The van der Waals surface area contributed by atoms with Crippen LogP contribution in [-0.4, -0.2) is 48.7 Å². The van der Waals surface area contributed by atoms with Gasteiger partial charge in [-0.15, -0.1) is 0 Å². The first-order chi connectivity index (χ1) is 13.1. The Labute approximate surface area is 159 Å². The molecular weight excluding hydrogens is 349 g/mol. The van der Waals surface area contributed by atoms with Gasteiger partial charge in [-0.25, -0.2) is 9.18 Å². The lowest BCUT2D eigenvalue weighted by atomic mass is 10.1. The van der Waals surface area contributed by atoms with Crippen molar-refractivity contribution in [1.29, 1.82) is 0 Å². The number of amides is 3. The van der Waals surface area contributed by atoms with Gasteiger partial charge in [0.1, 0.15) is 5.82 Å². The van der Waals surface area contributed by atoms with Crippen molar-refractivity contribution < 1.29 is 18.7 Å². The van der Waals surface area contributed by atoms with Crippen molar-refractivity contribution in [2.75, 3.05) is 19.7 Å². The van der Waals surface area contributed by atoms with Crippen molar-refractivity contribution in [3.05, 3.63) is 35.6 Å². The molecule has 1 saturated heterocycles. The predicted molar refractivity (Wildman–Crippen MR) is 99.6 cm³/mol. The standard InChI is InChI=1S/C20H28FN3O3/c21-16-6-3-5-15(11-16)12-24(13-18-9-4-10-27-18)14-19(25)23-20(26)22-17-7-1-2-8-17/h3,5-6,11,17-18H,1-2,4,7-10,12-14H2,(H2,22,23,25,26). The Hall–Kier alpha value is -1.99. The van der Waals surface area contributed by atoms with Crippen LogP contribution in [0.5, 0.6) is 0 Å². The number of hydrogen-bond acceptors (Lipinski definition) is 4. The highest BCUT2D eigenvalue weighted by atomic mass is 19.1. The minimum absolute atomic E-state index is 0.0639. The number of nitrogens with one attached hydrogen (secondary N) is 2. The molecule has 2 aliphatic rings. The number of imide groups is 1. The molecule has 0 aromatic heterocycles. The molecule has 3 amide bonds. The first kappa shape index (κ1) is 19.8. The van der Waals surface area contributed by atoms with E-state index >= 15 is 0 Å². The van der Waals surface area contributed by atoms with Gasteiger partial charge < -0.3 is 10.1 Å². The van der Waals surface area contributed by atoms with E-state index < -0.39 is 6.03 Å². The Morgan fingerprint density at radius 3 is 2.70 bits per heavy atom. The van der Waals surface area contributed by atoms with E-state index in [2.05, 4.69) is 10.6 Å². The van der Waals surface area contributed by atoms with Gasteiger partial charge in [-0.3, -0.25) is 15.0 Å². The predicted octanol–water partition coefficient (Wildman–Crippen LogP) is 2.58. The third-order valence-electron chi connectivity index (χ3n) is 5.09. The van der Waals surface area contributed by atoms with Crippen LogP contribution in [0, 0.1) is 5.82 Å². The lowest BCUT2D eigenvalue weighted by Gasteiger charge is -2.25. The van der Waals surface area contributed by atoms with E-state index in [0.717, 1.165) is 50.7 Å². The average molecular weight is 377 g/mol. The van der Waals surface area contributed by atoms with Crippen molar-refractivity contribution in [2.45, 2.75) is 57.2 Å². The highest BCUT2D eigenvalue weighted by Gasteiger charge is 2.23. The monoisotopic (exact) mass is 377 g/mol. The summed E-state index contributed by atoms with van der Waals surface area (Å²) in [5, 5.41) is 5.26. The number of halogens is 1. The lowest BCUT2D eigenvalue weighted by Crippen LogP contribution is -2.47. The summed E-state index contributed by atoms with van der Waals surface area (Å²) in [6, 6.07) is 6.07.